The van der Waals surface area contributed by atoms with Crippen LogP contribution in [0.5, 0.6) is 0 Å². The Balaban J connectivity index is 1.73. The Morgan fingerprint density at radius 2 is 1.89 bits per heavy atom. The number of hydrogen-bond donors (Lipinski definition) is 0. The molecule has 2 aliphatic rings. The van der Waals surface area contributed by atoms with Crippen molar-refractivity contribution in [3.8, 4) is 11.1 Å². The van der Waals surface area contributed by atoms with Crippen LogP contribution in [0.3, 0.4) is 0 Å². The van der Waals surface area contributed by atoms with E-state index in [-0.39, 0.29) is 0 Å². The number of hydroxylamine groups is 1. The molecule has 0 bridgehead atoms. The molecule has 2 aromatic rings. The topological polar surface area (TPSA) is 24.8 Å². The number of fused-ring (bicyclic) bond motifs is 3. The molecule has 0 aromatic heterocycles. The summed E-state index contributed by atoms with van der Waals surface area (Å²) in [7, 11) is 1.66. The summed E-state index contributed by atoms with van der Waals surface area (Å²) in [5.74, 6) is -0.598. The second-order valence-electron chi connectivity index (χ2n) is 5.16. The van der Waals surface area contributed by atoms with Crippen LogP contribution in [0.2, 0.25) is 0 Å². The van der Waals surface area contributed by atoms with Crippen molar-refractivity contribution in [2.45, 2.75) is 19.3 Å². The maximum Gasteiger partial charge on any atom is 0.294 e. The van der Waals surface area contributed by atoms with E-state index < -0.39 is 5.91 Å². The van der Waals surface area contributed by atoms with E-state index in [1.165, 1.54) is 22.3 Å². The molecule has 1 unspecified atom stereocenters. The highest BCUT2D eigenvalue weighted by atomic mass is 17.0. The Bertz CT molecular complexity index is 668. The van der Waals surface area contributed by atoms with E-state index in [9.17, 15) is 0 Å². The molecule has 1 aliphatic carbocycles. The summed E-state index contributed by atoms with van der Waals surface area (Å²) in [6.07, 6.45) is 0.997. The molecule has 0 radical (unpaired) electrons. The first-order valence-electron chi connectivity index (χ1n) is 6.47. The molecule has 1 heterocycles. The molecular formula is C16H15NO2. The van der Waals surface area contributed by atoms with Gasteiger partial charge in [0.1, 0.15) is 0 Å². The van der Waals surface area contributed by atoms with Gasteiger partial charge in [-0.3, -0.25) is 0 Å². The minimum Gasteiger partial charge on any atom is -0.333 e. The molecule has 4 rings (SSSR count). The Hall–Kier alpha value is -1.84. The van der Waals surface area contributed by atoms with Crippen LogP contribution >= 0.6 is 0 Å². The lowest BCUT2D eigenvalue weighted by atomic mass is 10.1. The number of methoxy groups -OCH3 is 1. The van der Waals surface area contributed by atoms with Gasteiger partial charge in [-0.05, 0) is 40.8 Å². The van der Waals surface area contributed by atoms with Gasteiger partial charge in [-0.1, -0.05) is 30.3 Å². The third-order valence-corrected chi connectivity index (χ3v) is 3.99. The zero-order chi connectivity index (χ0) is 13.0. The second-order valence-corrected chi connectivity index (χ2v) is 5.16. The van der Waals surface area contributed by atoms with Crippen molar-refractivity contribution >= 4 is 5.69 Å². The fourth-order valence-electron chi connectivity index (χ4n) is 2.81. The average molecular weight is 253 g/mol. The molecule has 2 aromatic carbocycles. The van der Waals surface area contributed by atoms with E-state index in [1.807, 2.05) is 6.92 Å². The van der Waals surface area contributed by atoms with E-state index in [4.69, 9.17) is 9.57 Å². The van der Waals surface area contributed by atoms with Crippen LogP contribution in [0.15, 0.2) is 42.5 Å². The molecule has 1 aliphatic heterocycles. The highest BCUT2D eigenvalue weighted by molar-refractivity contribution is 5.78. The molecule has 0 spiro atoms. The number of nitrogens with zero attached hydrogens (tertiary/aromatic N) is 1. The molecule has 0 amide bonds. The highest BCUT2D eigenvalue weighted by Gasteiger charge is 2.52. The monoisotopic (exact) mass is 253 g/mol. The SMILES string of the molecule is COC1(C)ON1c1ccc2c(c1)Cc1ccccc1-2. The predicted octanol–water partition coefficient (Wildman–Crippen LogP) is 3.33. The normalized spacial score (nSPS) is 23.2. The van der Waals surface area contributed by atoms with Gasteiger partial charge in [0.05, 0.1) is 5.69 Å². The summed E-state index contributed by atoms with van der Waals surface area (Å²) < 4.78 is 5.30. The van der Waals surface area contributed by atoms with Crippen molar-refractivity contribution in [2.24, 2.45) is 0 Å². The van der Waals surface area contributed by atoms with Gasteiger partial charge >= 0.3 is 0 Å². The summed E-state index contributed by atoms with van der Waals surface area (Å²) in [6.45, 7) is 1.91. The van der Waals surface area contributed by atoms with Crippen LogP contribution in [-0.2, 0) is 16.0 Å². The molecule has 1 atom stereocenters. The van der Waals surface area contributed by atoms with Gasteiger partial charge in [0.2, 0.25) is 0 Å². The van der Waals surface area contributed by atoms with Gasteiger partial charge in [-0.25, -0.2) is 4.84 Å². The van der Waals surface area contributed by atoms with E-state index in [2.05, 4.69) is 42.5 Å². The van der Waals surface area contributed by atoms with Gasteiger partial charge in [-0.2, -0.15) is 5.06 Å². The molecule has 0 N–H and O–H groups in total. The third-order valence-electron chi connectivity index (χ3n) is 3.99. The van der Waals surface area contributed by atoms with Crippen LogP contribution < -0.4 is 5.06 Å². The van der Waals surface area contributed by atoms with E-state index >= 15 is 0 Å². The maximum absolute atomic E-state index is 5.49. The fourth-order valence-corrected chi connectivity index (χ4v) is 2.81. The van der Waals surface area contributed by atoms with Crippen LogP contribution in [0.25, 0.3) is 11.1 Å². The smallest absolute Gasteiger partial charge is 0.294 e. The summed E-state index contributed by atoms with van der Waals surface area (Å²) in [4.78, 5) is 5.49. The lowest BCUT2D eigenvalue weighted by molar-refractivity contribution is 0.00596. The molecule has 96 valence electrons. The van der Waals surface area contributed by atoms with Crippen LogP contribution in [0, 0.1) is 0 Å². The lowest BCUT2D eigenvalue weighted by Gasteiger charge is -2.07. The molecule has 1 saturated heterocycles. The minimum absolute atomic E-state index is 0.598. The predicted molar refractivity (Wildman–Crippen MR) is 73.7 cm³/mol. The van der Waals surface area contributed by atoms with Crippen molar-refractivity contribution in [1.29, 1.82) is 0 Å². The van der Waals surface area contributed by atoms with Crippen molar-refractivity contribution in [1.82, 2.24) is 0 Å². The van der Waals surface area contributed by atoms with Gasteiger partial charge in [0, 0.05) is 14.0 Å². The quantitative estimate of drug-likeness (QED) is 0.655. The molecule has 1 fully saturated rings. The van der Waals surface area contributed by atoms with Gasteiger partial charge < -0.3 is 4.74 Å². The Morgan fingerprint density at radius 3 is 2.68 bits per heavy atom. The van der Waals surface area contributed by atoms with Crippen LogP contribution in [0.1, 0.15) is 18.1 Å². The summed E-state index contributed by atoms with van der Waals surface area (Å²) in [5, 5.41) is 1.80. The Kier molecular flexibility index (Phi) is 2.08. The first kappa shape index (κ1) is 11.0. The van der Waals surface area contributed by atoms with E-state index in [0.717, 1.165) is 12.1 Å². The third kappa shape index (κ3) is 1.52. The molecular weight excluding hydrogens is 238 g/mol. The molecule has 19 heavy (non-hydrogen) atoms. The van der Waals surface area contributed by atoms with Gasteiger partial charge in [-0.15, -0.1) is 0 Å². The maximum atomic E-state index is 5.49. The second kappa shape index (κ2) is 3.59. The highest BCUT2D eigenvalue weighted by Crippen LogP contribution is 2.44. The van der Waals surface area contributed by atoms with Crippen molar-refractivity contribution in [3.05, 3.63) is 53.6 Å². The Labute approximate surface area is 112 Å². The van der Waals surface area contributed by atoms with Crippen molar-refractivity contribution < 1.29 is 9.57 Å². The molecule has 0 saturated carbocycles. The van der Waals surface area contributed by atoms with Crippen LogP contribution in [-0.4, -0.2) is 13.0 Å². The van der Waals surface area contributed by atoms with Crippen LogP contribution in [0.4, 0.5) is 5.69 Å². The average Bonchev–Trinajstić information content (AvgIpc) is 2.99. The number of ether oxygens (including phenoxy) is 1. The first-order valence-corrected chi connectivity index (χ1v) is 6.47. The van der Waals surface area contributed by atoms with Gasteiger partial charge in [0.15, 0.2) is 0 Å². The number of rotatable bonds is 2. The number of anilines is 1. The molecule has 3 nitrogen and oxygen atoms in total. The fraction of sp³-hybridized carbons (Fsp3) is 0.250. The number of hydrogen-bond acceptors (Lipinski definition) is 3. The Morgan fingerprint density at radius 1 is 1.11 bits per heavy atom. The lowest BCUT2D eigenvalue weighted by Crippen LogP contribution is -2.15. The largest absolute Gasteiger partial charge is 0.333 e. The number of benzene rings is 2. The minimum atomic E-state index is -0.598. The summed E-state index contributed by atoms with van der Waals surface area (Å²) in [6, 6.07) is 15.0. The molecule has 3 heteroatoms. The zero-order valence-electron chi connectivity index (χ0n) is 11.0. The zero-order valence-corrected chi connectivity index (χ0v) is 11.0. The van der Waals surface area contributed by atoms with Crippen molar-refractivity contribution in [2.75, 3.05) is 12.2 Å². The van der Waals surface area contributed by atoms with Gasteiger partial charge in [0.25, 0.3) is 5.91 Å². The standard InChI is InChI=1S/C16H15NO2/c1-16(18-2)17(19-16)13-7-8-15-12(10-13)9-11-5-3-4-6-14(11)15/h3-8,10H,9H2,1-2H3. The summed E-state index contributed by atoms with van der Waals surface area (Å²) in [5.41, 5.74) is 6.49. The summed E-state index contributed by atoms with van der Waals surface area (Å²) >= 11 is 0. The van der Waals surface area contributed by atoms with E-state index in [0.29, 0.717) is 0 Å². The van der Waals surface area contributed by atoms with E-state index in [1.54, 1.807) is 12.2 Å². The first-order chi connectivity index (χ1) is 9.21. The van der Waals surface area contributed by atoms with Crippen molar-refractivity contribution in [3.63, 3.8) is 0 Å².